The maximum absolute atomic E-state index is 5.78. The first-order chi connectivity index (χ1) is 10.1. The minimum absolute atomic E-state index is 0.0842. The van der Waals surface area contributed by atoms with Crippen LogP contribution in [0.2, 0.25) is 0 Å². The lowest BCUT2D eigenvalue weighted by Gasteiger charge is -2.21. The van der Waals surface area contributed by atoms with Crippen molar-refractivity contribution in [3.05, 3.63) is 62.0 Å². The first-order valence-electron chi connectivity index (χ1n) is 6.92. The molecule has 0 spiro atoms. The van der Waals surface area contributed by atoms with Gasteiger partial charge in [0.15, 0.2) is 0 Å². The molecule has 2 aromatic rings. The van der Waals surface area contributed by atoms with E-state index in [1.54, 1.807) is 0 Å². The number of hydrogen-bond donors (Lipinski definition) is 1. The summed E-state index contributed by atoms with van der Waals surface area (Å²) in [7, 11) is 1.97. The lowest BCUT2D eigenvalue weighted by molar-refractivity contribution is 0.334. The third-order valence-electron chi connectivity index (χ3n) is 3.40. The Morgan fingerprint density at radius 2 is 1.90 bits per heavy atom. The second-order valence-electron chi connectivity index (χ2n) is 4.85. The Labute approximate surface area is 143 Å². The number of nitrogens with one attached hydrogen (secondary N) is 1. The van der Waals surface area contributed by atoms with Crippen LogP contribution in [0.25, 0.3) is 0 Å². The normalized spacial score (nSPS) is 12.2. The van der Waals surface area contributed by atoms with Crippen LogP contribution in [0.3, 0.4) is 0 Å². The molecule has 0 aromatic heterocycles. The number of ether oxygens (including phenoxy) is 1. The summed E-state index contributed by atoms with van der Waals surface area (Å²) >= 11 is 7.16. The molecule has 2 nitrogen and oxygen atoms in total. The van der Waals surface area contributed by atoms with Gasteiger partial charge in [-0.3, -0.25) is 0 Å². The van der Waals surface area contributed by atoms with Gasteiger partial charge in [-0.2, -0.15) is 0 Å². The molecule has 2 rings (SSSR count). The van der Waals surface area contributed by atoms with E-state index in [4.69, 9.17) is 4.74 Å². The zero-order valence-electron chi connectivity index (χ0n) is 12.4. The van der Waals surface area contributed by atoms with E-state index >= 15 is 0 Å². The largest absolute Gasteiger partial charge is 0.494 e. The first kappa shape index (κ1) is 16.5. The molecule has 0 radical (unpaired) electrons. The van der Waals surface area contributed by atoms with E-state index in [0.717, 1.165) is 20.3 Å². The van der Waals surface area contributed by atoms with Crippen LogP contribution in [0.1, 0.15) is 29.7 Å². The molecule has 21 heavy (non-hydrogen) atoms. The van der Waals surface area contributed by atoms with Crippen molar-refractivity contribution in [1.29, 1.82) is 0 Å². The molecule has 1 unspecified atom stereocenters. The van der Waals surface area contributed by atoms with Crippen LogP contribution in [0.4, 0.5) is 0 Å². The fourth-order valence-electron chi connectivity index (χ4n) is 2.32. The molecule has 4 heteroatoms. The van der Waals surface area contributed by atoms with Crippen LogP contribution in [0, 0.1) is 6.92 Å². The molecular formula is C17H19Br2NO. The molecule has 0 bridgehead atoms. The Bertz CT molecular complexity index is 628. The second kappa shape index (κ2) is 7.43. The summed E-state index contributed by atoms with van der Waals surface area (Å²) in [4.78, 5) is 0. The van der Waals surface area contributed by atoms with Gasteiger partial charge in [0, 0.05) is 14.5 Å². The topological polar surface area (TPSA) is 21.3 Å². The molecule has 0 saturated carbocycles. The second-order valence-corrected chi connectivity index (χ2v) is 6.62. The Balaban J connectivity index is 2.49. The highest BCUT2D eigenvalue weighted by Gasteiger charge is 2.18. The molecule has 0 saturated heterocycles. The van der Waals surface area contributed by atoms with Gasteiger partial charge in [0.1, 0.15) is 5.75 Å². The summed E-state index contributed by atoms with van der Waals surface area (Å²) in [6.07, 6.45) is 0. The predicted octanol–water partition coefficient (Wildman–Crippen LogP) is 5.23. The standard InChI is InChI=1S/C17H19Br2NO/c1-4-21-16-8-7-13(18)10-14(16)17(20-3)12-6-5-11(2)15(19)9-12/h5-10,17,20H,4H2,1-3H3. The van der Waals surface area contributed by atoms with Gasteiger partial charge < -0.3 is 10.1 Å². The highest BCUT2D eigenvalue weighted by atomic mass is 79.9. The van der Waals surface area contributed by atoms with Gasteiger partial charge in [0.05, 0.1) is 12.6 Å². The molecule has 2 aromatic carbocycles. The SMILES string of the molecule is CCOc1ccc(Br)cc1C(NC)c1ccc(C)c(Br)c1. The van der Waals surface area contributed by atoms with E-state index in [0.29, 0.717) is 6.61 Å². The van der Waals surface area contributed by atoms with Crippen molar-refractivity contribution in [2.45, 2.75) is 19.9 Å². The van der Waals surface area contributed by atoms with Crippen molar-refractivity contribution >= 4 is 31.9 Å². The number of hydrogen-bond acceptors (Lipinski definition) is 2. The fourth-order valence-corrected chi connectivity index (χ4v) is 3.10. The molecule has 0 fully saturated rings. The zero-order valence-corrected chi connectivity index (χ0v) is 15.6. The van der Waals surface area contributed by atoms with Crippen LogP contribution in [0.15, 0.2) is 45.3 Å². The zero-order chi connectivity index (χ0) is 15.4. The van der Waals surface area contributed by atoms with Gasteiger partial charge in [0.2, 0.25) is 0 Å². The van der Waals surface area contributed by atoms with E-state index in [2.05, 4.69) is 68.4 Å². The Morgan fingerprint density at radius 3 is 2.52 bits per heavy atom. The molecule has 0 aliphatic carbocycles. The van der Waals surface area contributed by atoms with Gasteiger partial charge in [-0.1, -0.05) is 44.0 Å². The molecular weight excluding hydrogens is 394 g/mol. The highest BCUT2D eigenvalue weighted by molar-refractivity contribution is 9.10. The summed E-state index contributed by atoms with van der Waals surface area (Å²) in [6.45, 7) is 4.75. The Kier molecular flexibility index (Phi) is 5.85. The van der Waals surface area contributed by atoms with Crippen molar-refractivity contribution < 1.29 is 4.74 Å². The van der Waals surface area contributed by atoms with Crippen LogP contribution in [0.5, 0.6) is 5.75 Å². The summed E-state index contributed by atoms with van der Waals surface area (Å²) in [5, 5.41) is 3.39. The summed E-state index contributed by atoms with van der Waals surface area (Å²) in [5.41, 5.74) is 3.56. The van der Waals surface area contributed by atoms with Crippen molar-refractivity contribution in [2.24, 2.45) is 0 Å². The summed E-state index contributed by atoms with van der Waals surface area (Å²) < 4.78 is 7.94. The van der Waals surface area contributed by atoms with Crippen LogP contribution in [-0.4, -0.2) is 13.7 Å². The van der Waals surface area contributed by atoms with Gasteiger partial charge >= 0.3 is 0 Å². The van der Waals surface area contributed by atoms with E-state index < -0.39 is 0 Å². The van der Waals surface area contributed by atoms with E-state index in [-0.39, 0.29) is 6.04 Å². The third-order valence-corrected chi connectivity index (χ3v) is 4.75. The quantitative estimate of drug-likeness (QED) is 0.725. The maximum Gasteiger partial charge on any atom is 0.124 e. The lowest BCUT2D eigenvalue weighted by atomic mass is 9.97. The molecule has 0 amide bonds. The van der Waals surface area contributed by atoms with Crippen LogP contribution >= 0.6 is 31.9 Å². The number of rotatable bonds is 5. The number of halogens is 2. The van der Waals surface area contributed by atoms with Crippen LogP contribution in [-0.2, 0) is 0 Å². The van der Waals surface area contributed by atoms with Crippen molar-refractivity contribution in [3.63, 3.8) is 0 Å². The minimum Gasteiger partial charge on any atom is -0.494 e. The van der Waals surface area contributed by atoms with Gasteiger partial charge in [-0.15, -0.1) is 0 Å². The molecule has 112 valence electrons. The Morgan fingerprint density at radius 1 is 1.14 bits per heavy atom. The Hall–Kier alpha value is -0.840. The van der Waals surface area contributed by atoms with Gasteiger partial charge in [-0.25, -0.2) is 0 Å². The van der Waals surface area contributed by atoms with Crippen molar-refractivity contribution in [2.75, 3.05) is 13.7 Å². The predicted molar refractivity (Wildman–Crippen MR) is 95.1 cm³/mol. The van der Waals surface area contributed by atoms with E-state index in [9.17, 15) is 0 Å². The molecule has 1 N–H and O–H groups in total. The van der Waals surface area contributed by atoms with Gasteiger partial charge in [0.25, 0.3) is 0 Å². The average molecular weight is 413 g/mol. The summed E-state index contributed by atoms with van der Waals surface area (Å²) in [6, 6.07) is 12.6. The molecule has 0 aliphatic heterocycles. The first-order valence-corrected chi connectivity index (χ1v) is 8.51. The van der Waals surface area contributed by atoms with Gasteiger partial charge in [-0.05, 0) is 56.3 Å². The van der Waals surface area contributed by atoms with E-state index in [1.807, 2.05) is 26.1 Å². The fraction of sp³-hybridized carbons (Fsp3) is 0.294. The molecule has 0 heterocycles. The average Bonchev–Trinajstić information content (AvgIpc) is 2.46. The van der Waals surface area contributed by atoms with Crippen molar-refractivity contribution in [3.8, 4) is 5.75 Å². The molecule has 0 aliphatic rings. The number of benzene rings is 2. The maximum atomic E-state index is 5.78. The third kappa shape index (κ3) is 3.87. The highest BCUT2D eigenvalue weighted by Crippen LogP contribution is 2.33. The van der Waals surface area contributed by atoms with Crippen molar-refractivity contribution in [1.82, 2.24) is 5.32 Å². The summed E-state index contributed by atoms with van der Waals surface area (Å²) in [5.74, 6) is 0.914. The molecule has 1 atom stereocenters. The lowest BCUT2D eigenvalue weighted by Crippen LogP contribution is -2.19. The van der Waals surface area contributed by atoms with E-state index in [1.165, 1.54) is 11.1 Å². The van der Waals surface area contributed by atoms with Crippen LogP contribution < -0.4 is 10.1 Å². The monoisotopic (exact) mass is 411 g/mol. The number of aryl methyl sites for hydroxylation is 1. The smallest absolute Gasteiger partial charge is 0.124 e. The minimum atomic E-state index is 0.0842.